The van der Waals surface area contributed by atoms with E-state index in [4.69, 9.17) is 4.74 Å². The summed E-state index contributed by atoms with van der Waals surface area (Å²) >= 11 is 5.24. The maximum atomic E-state index is 12.8. The summed E-state index contributed by atoms with van der Waals surface area (Å²) in [6, 6.07) is 5.82. The molecule has 2 heterocycles. The summed E-state index contributed by atoms with van der Waals surface area (Å²) < 4.78 is 6.42. The molecule has 1 aromatic heterocycles. The van der Waals surface area contributed by atoms with Gasteiger partial charge in [-0.25, -0.2) is 0 Å². The number of hydrogen-bond donors (Lipinski definition) is 2. The number of halogens is 1. The van der Waals surface area contributed by atoms with Crippen LogP contribution in [0.15, 0.2) is 22.7 Å². The van der Waals surface area contributed by atoms with Crippen molar-refractivity contribution in [3.8, 4) is 5.75 Å². The molecule has 0 unspecified atom stereocenters. The van der Waals surface area contributed by atoms with E-state index in [0.717, 1.165) is 45.6 Å². The average Bonchev–Trinajstić information content (AvgIpc) is 2.92. The molecule has 0 radical (unpaired) electrons. The quantitative estimate of drug-likeness (QED) is 0.771. The Balaban J connectivity index is 1.73. The molecule has 2 aromatic rings. The minimum Gasteiger partial charge on any atom is -0.496 e. The first-order valence-corrected chi connectivity index (χ1v) is 9.73. The molecule has 0 fully saturated rings. The smallest absolute Gasteiger partial charge is 0.256 e. The Morgan fingerprint density at radius 2 is 2.17 bits per heavy atom. The van der Waals surface area contributed by atoms with Gasteiger partial charge in [-0.2, -0.15) is 0 Å². The van der Waals surface area contributed by atoms with Gasteiger partial charge in [-0.3, -0.25) is 4.79 Å². The first-order valence-electron chi connectivity index (χ1n) is 8.12. The Morgan fingerprint density at radius 3 is 2.96 bits per heavy atom. The number of thiophene rings is 1. The molecular weight excluding hydrogens is 388 g/mol. The Hall–Kier alpha value is -1.53. The molecule has 2 N–H and O–H groups in total. The zero-order valence-corrected chi connectivity index (χ0v) is 16.0. The first-order chi connectivity index (χ1) is 11.6. The van der Waals surface area contributed by atoms with Gasteiger partial charge in [0.15, 0.2) is 0 Å². The number of ether oxygens (including phenoxy) is 1. The molecule has 6 heteroatoms. The number of anilines is 1. The van der Waals surface area contributed by atoms with Crippen molar-refractivity contribution in [1.29, 1.82) is 0 Å². The number of benzene rings is 1. The third kappa shape index (κ3) is 2.62. The predicted molar refractivity (Wildman–Crippen MR) is 100 cm³/mol. The number of rotatable bonds is 2. The highest BCUT2D eigenvalue weighted by molar-refractivity contribution is 9.10. The monoisotopic (exact) mass is 406 g/mol. The zero-order valence-electron chi connectivity index (χ0n) is 13.6. The molecule has 0 saturated heterocycles. The number of fused-ring (bicyclic) bond motifs is 3. The number of carbonyl (C=O) groups excluding carboxylic acids is 1. The van der Waals surface area contributed by atoms with Crippen LogP contribution in [0.3, 0.4) is 0 Å². The molecule has 0 bridgehead atoms. The fraction of sp³-hybridized carbons (Fsp3) is 0.389. The molecule has 126 valence electrons. The van der Waals surface area contributed by atoms with Crippen molar-refractivity contribution in [1.82, 2.24) is 5.32 Å². The molecule has 2 aliphatic rings. The number of amides is 1. The van der Waals surface area contributed by atoms with Gasteiger partial charge in [0.25, 0.3) is 5.91 Å². The van der Waals surface area contributed by atoms with Crippen LogP contribution in [0.5, 0.6) is 5.75 Å². The minimum absolute atomic E-state index is 0.0165. The Morgan fingerprint density at radius 1 is 1.33 bits per heavy atom. The molecule has 0 saturated carbocycles. The Labute approximate surface area is 153 Å². The van der Waals surface area contributed by atoms with E-state index >= 15 is 0 Å². The summed E-state index contributed by atoms with van der Waals surface area (Å²) in [6.07, 6.45) is 2.96. The van der Waals surface area contributed by atoms with E-state index in [1.807, 2.05) is 18.2 Å². The van der Waals surface area contributed by atoms with Crippen molar-refractivity contribution in [2.24, 2.45) is 5.92 Å². The lowest BCUT2D eigenvalue weighted by atomic mass is 9.88. The van der Waals surface area contributed by atoms with Gasteiger partial charge >= 0.3 is 0 Å². The number of hydrogen-bond acceptors (Lipinski definition) is 4. The second-order valence-electron chi connectivity index (χ2n) is 6.49. The standard InChI is InChI=1S/C18H19BrN2O2S/c1-9-3-5-11-14(7-9)24-18-15(11)17(22)20-16(21-18)12-8-10(19)4-6-13(12)23-2/h4,6,8-9,16,21H,3,5,7H2,1-2H3,(H,20,22)/t9-,16-/m1/s1. The van der Waals surface area contributed by atoms with Gasteiger partial charge in [-0.15, -0.1) is 11.3 Å². The third-order valence-electron chi connectivity index (χ3n) is 4.79. The molecule has 0 spiro atoms. The van der Waals surface area contributed by atoms with E-state index in [2.05, 4.69) is 33.5 Å². The molecule has 1 aliphatic heterocycles. The van der Waals surface area contributed by atoms with Gasteiger partial charge in [0.2, 0.25) is 0 Å². The van der Waals surface area contributed by atoms with Crippen LogP contribution >= 0.6 is 27.3 Å². The van der Waals surface area contributed by atoms with Crippen LogP contribution in [-0.2, 0) is 12.8 Å². The second kappa shape index (κ2) is 6.08. The highest BCUT2D eigenvalue weighted by atomic mass is 79.9. The Kier molecular flexibility index (Phi) is 4.04. The fourth-order valence-corrected chi connectivity index (χ4v) is 5.36. The van der Waals surface area contributed by atoms with E-state index in [-0.39, 0.29) is 12.1 Å². The Bertz CT molecular complexity index is 818. The molecular formula is C18H19BrN2O2S. The van der Waals surface area contributed by atoms with Crippen molar-refractivity contribution in [2.45, 2.75) is 32.4 Å². The predicted octanol–water partition coefficient (Wildman–Crippen LogP) is 4.50. The van der Waals surface area contributed by atoms with E-state index in [9.17, 15) is 4.79 Å². The van der Waals surface area contributed by atoms with Crippen molar-refractivity contribution in [2.75, 3.05) is 12.4 Å². The zero-order chi connectivity index (χ0) is 16.8. The molecule has 1 amide bonds. The summed E-state index contributed by atoms with van der Waals surface area (Å²) in [5.74, 6) is 1.47. The van der Waals surface area contributed by atoms with Gasteiger partial charge in [-0.05, 0) is 48.9 Å². The number of methoxy groups -OCH3 is 1. The first kappa shape index (κ1) is 16.0. The van der Waals surface area contributed by atoms with Crippen molar-refractivity contribution < 1.29 is 9.53 Å². The topological polar surface area (TPSA) is 50.4 Å². The van der Waals surface area contributed by atoms with Crippen LogP contribution in [0.2, 0.25) is 0 Å². The lowest BCUT2D eigenvalue weighted by Crippen LogP contribution is -2.38. The molecule has 24 heavy (non-hydrogen) atoms. The van der Waals surface area contributed by atoms with Crippen LogP contribution < -0.4 is 15.4 Å². The highest BCUT2D eigenvalue weighted by Crippen LogP contribution is 2.43. The average molecular weight is 407 g/mol. The normalized spacial score (nSPS) is 22.2. The molecule has 4 nitrogen and oxygen atoms in total. The maximum Gasteiger partial charge on any atom is 0.256 e. The summed E-state index contributed by atoms with van der Waals surface area (Å²) in [6.45, 7) is 2.28. The van der Waals surface area contributed by atoms with E-state index in [1.165, 1.54) is 10.4 Å². The van der Waals surface area contributed by atoms with Crippen molar-refractivity contribution >= 4 is 38.2 Å². The second-order valence-corrected chi connectivity index (χ2v) is 8.51. The van der Waals surface area contributed by atoms with Gasteiger partial charge in [0, 0.05) is 14.9 Å². The van der Waals surface area contributed by atoms with Crippen LogP contribution in [0.4, 0.5) is 5.00 Å². The summed E-state index contributed by atoms with van der Waals surface area (Å²) in [4.78, 5) is 14.1. The minimum atomic E-state index is -0.282. The third-order valence-corrected chi connectivity index (χ3v) is 6.47. The molecule has 1 aromatic carbocycles. The summed E-state index contributed by atoms with van der Waals surface area (Å²) in [7, 11) is 1.65. The molecule has 1 aliphatic carbocycles. The van der Waals surface area contributed by atoms with E-state index in [1.54, 1.807) is 18.4 Å². The SMILES string of the molecule is COc1ccc(Br)cc1[C@@H]1NC(=O)c2c(sc3c2CC[C@@H](C)C3)N1. The molecule has 4 rings (SSSR count). The summed E-state index contributed by atoms with van der Waals surface area (Å²) in [5, 5.41) is 7.59. The van der Waals surface area contributed by atoms with Gasteiger partial charge in [-0.1, -0.05) is 22.9 Å². The lowest BCUT2D eigenvalue weighted by Gasteiger charge is -2.28. The van der Waals surface area contributed by atoms with Crippen molar-refractivity contribution in [3.63, 3.8) is 0 Å². The molecule has 2 atom stereocenters. The van der Waals surface area contributed by atoms with Crippen LogP contribution in [0.25, 0.3) is 0 Å². The van der Waals surface area contributed by atoms with Crippen LogP contribution in [0.1, 0.15) is 45.9 Å². The summed E-state index contributed by atoms with van der Waals surface area (Å²) in [5.41, 5.74) is 3.02. The van der Waals surface area contributed by atoms with E-state index in [0.29, 0.717) is 5.92 Å². The number of carbonyl (C=O) groups is 1. The lowest BCUT2D eigenvalue weighted by molar-refractivity contribution is 0.0934. The van der Waals surface area contributed by atoms with Crippen LogP contribution in [-0.4, -0.2) is 13.0 Å². The van der Waals surface area contributed by atoms with Gasteiger partial charge in [0.1, 0.15) is 16.9 Å². The van der Waals surface area contributed by atoms with E-state index < -0.39 is 0 Å². The number of nitrogens with one attached hydrogen (secondary N) is 2. The van der Waals surface area contributed by atoms with Crippen LogP contribution in [0, 0.1) is 5.92 Å². The van der Waals surface area contributed by atoms with Gasteiger partial charge in [0.05, 0.1) is 12.7 Å². The maximum absolute atomic E-state index is 12.8. The fourth-order valence-electron chi connectivity index (χ4n) is 3.55. The highest BCUT2D eigenvalue weighted by Gasteiger charge is 2.33. The van der Waals surface area contributed by atoms with Gasteiger partial charge < -0.3 is 15.4 Å². The van der Waals surface area contributed by atoms with Crippen molar-refractivity contribution in [3.05, 3.63) is 44.2 Å². The largest absolute Gasteiger partial charge is 0.496 e.